The third-order valence-electron chi connectivity index (χ3n) is 7.15. The van der Waals surface area contributed by atoms with Gasteiger partial charge in [-0.05, 0) is 68.6 Å². The quantitative estimate of drug-likeness (QED) is 0.818. The van der Waals surface area contributed by atoms with E-state index in [0.29, 0.717) is 38.6 Å². The van der Waals surface area contributed by atoms with Gasteiger partial charge in [0.25, 0.3) is 0 Å². The van der Waals surface area contributed by atoms with Gasteiger partial charge in [-0.2, -0.15) is 0 Å². The van der Waals surface area contributed by atoms with Gasteiger partial charge in [-0.3, -0.25) is 9.59 Å². The average molecular weight is 363 g/mol. The zero-order valence-electron chi connectivity index (χ0n) is 16.3. The Balaban J connectivity index is 1.46. The number of nitrogens with one attached hydrogen (secondary N) is 1. The molecule has 1 saturated heterocycles. The first-order chi connectivity index (χ1) is 12.4. The summed E-state index contributed by atoms with van der Waals surface area (Å²) >= 11 is 0. The summed E-state index contributed by atoms with van der Waals surface area (Å²) in [4.78, 5) is 28.3. The van der Waals surface area contributed by atoms with Gasteiger partial charge >= 0.3 is 0 Å². The number of nitrogens with zero attached hydrogens (tertiary/aromatic N) is 1. The van der Waals surface area contributed by atoms with Crippen LogP contribution in [0.5, 0.6) is 0 Å². The number of rotatable bonds is 5. The molecule has 5 aliphatic rings. The third kappa shape index (κ3) is 3.51. The first kappa shape index (κ1) is 18.3. The number of carbonyl (C=O) groups is 2. The van der Waals surface area contributed by atoms with Gasteiger partial charge in [0, 0.05) is 18.5 Å². The summed E-state index contributed by atoms with van der Waals surface area (Å²) in [6, 6.07) is -0.381. The summed E-state index contributed by atoms with van der Waals surface area (Å²) in [5, 5.41) is 3.23. The number of morpholine rings is 1. The Bertz CT molecular complexity index is 518. The van der Waals surface area contributed by atoms with Crippen LogP contribution in [0.25, 0.3) is 0 Å². The molecule has 0 aromatic heterocycles. The zero-order valence-corrected chi connectivity index (χ0v) is 16.3. The molecule has 1 heterocycles. The molecule has 1 aliphatic heterocycles. The van der Waals surface area contributed by atoms with E-state index < -0.39 is 0 Å². The summed E-state index contributed by atoms with van der Waals surface area (Å²) in [6.45, 7) is 6.72. The lowest BCUT2D eigenvalue weighted by Crippen LogP contribution is -2.58. The average Bonchev–Trinajstić information content (AvgIpc) is 2.59. The molecule has 2 amide bonds. The van der Waals surface area contributed by atoms with Crippen LogP contribution >= 0.6 is 0 Å². The maximum atomic E-state index is 13.4. The molecule has 0 radical (unpaired) electrons. The molecule has 5 fully saturated rings. The fourth-order valence-corrected chi connectivity index (χ4v) is 6.40. The Hall–Kier alpha value is -1.10. The monoisotopic (exact) mass is 362 g/mol. The SMILES string of the molecule is CC(C)C[C@@H](NC(=O)C12CC3CC(CC(C3)C1)C2)C(=O)N1CCOCC1. The predicted molar refractivity (Wildman–Crippen MR) is 99.4 cm³/mol. The molecule has 0 aromatic rings. The first-order valence-corrected chi connectivity index (χ1v) is 10.6. The summed E-state index contributed by atoms with van der Waals surface area (Å²) in [6.07, 6.45) is 7.84. The van der Waals surface area contributed by atoms with Crippen molar-refractivity contribution in [2.45, 2.75) is 64.8 Å². The van der Waals surface area contributed by atoms with Crippen molar-refractivity contribution in [3.05, 3.63) is 0 Å². The van der Waals surface area contributed by atoms with Gasteiger partial charge in [0.05, 0.1) is 13.2 Å². The van der Waals surface area contributed by atoms with Gasteiger partial charge in [0.1, 0.15) is 6.04 Å². The van der Waals surface area contributed by atoms with E-state index >= 15 is 0 Å². The maximum absolute atomic E-state index is 13.4. The Morgan fingerprint density at radius 3 is 2.08 bits per heavy atom. The maximum Gasteiger partial charge on any atom is 0.245 e. The Morgan fingerprint density at radius 1 is 1.04 bits per heavy atom. The second-order valence-corrected chi connectivity index (χ2v) is 9.79. The highest BCUT2D eigenvalue weighted by molar-refractivity contribution is 5.90. The molecule has 0 spiro atoms. The molecule has 4 aliphatic carbocycles. The molecule has 1 atom stereocenters. The molecule has 5 rings (SSSR count). The Morgan fingerprint density at radius 2 is 1.58 bits per heavy atom. The molecule has 5 heteroatoms. The second-order valence-electron chi connectivity index (χ2n) is 9.79. The van der Waals surface area contributed by atoms with Crippen molar-refractivity contribution in [2.75, 3.05) is 26.3 Å². The van der Waals surface area contributed by atoms with Crippen LogP contribution in [-0.2, 0) is 14.3 Å². The molecule has 0 unspecified atom stereocenters. The highest BCUT2D eigenvalue weighted by Crippen LogP contribution is 2.60. The van der Waals surface area contributed by atoms with Gasteiger partial charge in [0.15, 0.2) is 0 Å². The van der Waals surface area contributed by atoms with Crippen LogP contribution in [-0.4, -0.2) is 49.1 Å². The summed E-state index contributed by atoms with van der Waals surface area (Å²) < 4.78 is 5.38. The van der Waals surface area contributed by atoms with Crippen molar-refractivity contribution in [3.63, 3.8) is 0 Å². The molecule has 146 valence electrons. The minimum atomic E-state index is -0.381. The van der Waals surface area contributed by atoms with Gasteiger partial charge < -0.3 is 15.0 Å². The number of ether oxygens (including phenoxy) is 1. The number of carbonyl (C=O) groups excluding carboxylic acids is 2. The van der Waals surface area contributed by atoms with E-state index in [1.165, 1.54) is 19.3 Å². The first-order valence-electron chi connectivity index (χ1n) is 10.6. The van der Waals surface area contributed by atoms with Crippen molar-refractivity contribution in [1.29, 1.82) is 0 Å². The van der Waals surface area contributed by atoms with Crippen molar-refractivity contribution in [2.24, 2.45) is 29.1 Å². The lowest BCUT2D eigenvalue weighted by Gasteiger charge is -2.55. The van der Waals surface area contributed by atoms with Crippen LogP contribution in [0.1, 0.15) is 58.8 Å². The lowest BCUT2D eigenvalue weighted by atomic mass is 9.49. The molecule has 26 heavy (non-hydrogen) atoms. The topological polar surface area (TPSA) is 58.6 Å². The smallest absolute Gasteiger partial charge is 0.245 e. The van der Waals surface area contributed by atoms with Gasteiger partial charge in [-0.1, -0.05) is 13.8 Å². The van der Waals surface area contributed by atoms with E-state index in [-0.39, 0.29) is 23.3 Å². The van der Waals surface area contributed by atoms with E-state index in [2.05, 4.69) is 19.2 Å². The fraction of sp³-hybridized carbons (Fsp3) is 0.905. The van der Waals surface area contributed by atoms with Gasteiger partial charge in [0.2, 0.25) is 11.8 Å². The molecule has 4 bridgehead atoms. The number of hydrogen-bond acceptors (Lipinski definition) is 3. The van der Waals surface area contributed by atoms with Crippen LogP contribution in [0.2, 0.25) is 0 Å². The molecular weight excluding hydrogens is 328 g/mol. The second kappa shape index (κ2) is 7.14. The number of amides is 2. The number of hydrogen-bond donors (Lipinski definition) is 1. The zero-order chi connectivity index (χ0) is 18.3. The molecule has 0 aromatic carbocycles. The largest absolute Gasteiger partial charge is 0.378 e. The summed E-state index contributed by atoms with van der Waals surface area (Å²) in [5.74, 6) is 2.85. The van der Waals surface area contributed by atoms with E-state index in [0.717, 1.165) is 37.0 Å². The van der Waals surface area contributed by atoms with E-state index in [4.69, 9.17) is 4.74 Å². The van der Waals surface area contributed by atoms with Crippen molar-refractivity contribution in [3.8, 4) is 0 Å². The van der Waals surface area contributed by atoms with Crippen LogP contribution in [0.3, 0.4) is 0 Å². The summed E-state index contributed by atoms with van der Waals surface area (Å²) in [7, 11) is 0. The minimum Gasteiger partial charge on any atom is -0.378 e. The van der Waals surface area contributed by atoms with Crippen LogP contribution in [0.15, 0.2) is 0 Å². The molecular formula is C21H34N2O3. The third-order valence-corrected chi connectivity index (χ3v) is 7.15. The minimum absolute atomic E-state index is 0.0834. The molecule has 4 saturated carbocycles. The van der Waals surface area contributed by atoms with Crippen LogP contribution < -0.4 is 5.32 Å². The summed E-state index contributed by atoms with van der Waals surface area (Å²) in [5.41, 5.74) is -0.185. The van der Waals surface area contributed by atoms with E-state index in [1.54, 1.807) is 0 Å². The fourth-order valence-electron chi connectivity index (χ4n) is 6.40. The van der Waals surface area contributed by atoms with Crippen molar-refractivity contribution >= 4 is 11.8 Å². The lowest BCUT2D eigenvalue weighted by molar-refractivity contribution is -0.151. The molecule has 1 N–H and O–H groups in total. The Kier molecular flexibility index (Phi) is 5.02. The van der Waals surface area contributed by atoms with E-state index in [9.17, 15) is 9.59 Å². The standard InChI is InChI=1S/C21H34N2O3/c1-14(2)7-18(19(24)23-3-5-26-6-4-23)22-20(25)21-11-15-8-16(12-21)10-17(9-15)13-21/h14-18H,3-13H2,1-2H3,(H,22,25)/t15?,16?,17?,18-,21?/m1/s1. The highest BCUT2D eigenvalue weighted by Gasteiger charge is 2.55. The normalized spacial score (nSPS) is 37.0. The van der Waals surface area contributed by atoms with Crippen molar-refractivity contribution < 1.29 is 14.3 Å². The van der Waals surface area contributed by atoms with Crippen LogP contribution in [0.4, 0.5) is 0 Å². The Labute approximate surface area is 157 Å². The predicted octanol–water partition coefficient (Wildman–Crippen LogP) is 2.59. The van der Waals surface area contributed by atoms with Gasteiger partial charge in [-0.15, -0.1) is 0 Å². The van der Waals surface area contributed by atoms with E-state index in [1.807, 2.05) is 4.90 Å². The van der Waals surface area contributed by atoms with Gasteiger partial charge in [-0.25, -0.2) is 0 Å². The highest BCUT2D eigenvalue weighted by atomic mass is 16.5. The molecule has 5 nitrogen and oxygen atoms in total. The van der Waals surface area contributed by atoms with Crippen LogP contribution in [0, 0.1) is 29.1 Å². The van der Waals surface area contributed by atoms with Crippen molar-refractivity contribution in [1.82, 2.24) is 10.2 Å².